The van der Waals surface area contributed by atoms with Crippen molar-refractivity contribution in [3.63, 3.8) is 0 Å². The monoisotopic (exact) mass is 344 g/mol. The Balaban J connectivity index is 1.87. The van der Waals surface area contributed by atoms with Gasteiger partial charge < -0.3 is 15.0 Å². The Kier molecular flexibility index (Phi) is 5.82. The lowest BCUT2D eigenvalue weighted by Gasteiger charge is -2.31. The minimum absolute atomic E-state index is 0.0569. The second-order valence-corrected chi connectivity index (χ2v) is 5.71. The van der Waals surface area contributed by atoms with Gasteiger partial charge in [0.25, 0.3) is 0 Å². The fourth-order valence-corrected chi connectivity index (χ4v) is 2.49. The molecule has 1 aromatic carbocycles. The molecule has 1 heterocycles. The molecular formula is C16H19F3N2O3. The lowest BCUT2D eigenvalue weighted by Crippen LogP contribution is -2.47. The van der Waals surface area contributed by atoms with Crippen LogP contribution in [0.15, 0.2) is 24.3 Å². The highest BCUT2D eigenvalue weighted by Crippen LogP contribution is 2.19. The molecule has 2 amide bonds. The van der Waals surface area contributed by atoms with Gasteiger partial charge in [-0.1, -0.05) is 12.1 Å². The summed E-state index contributed by atoms with van der Waals surface area (Å²) in [5, 5.41) is 2.72. The van der Waals surface area contributed by atoms with Gasteiger partial charge in [0, 0.05) is 19.2 Å². The predicted molar refractivity (Wildman–Crippen MR) is 81.2 cm³/mol. The molecule has 1 atom stereocenters. The number of carbonyl (C=O) groups is 2. The van der Waals surface area contributed by atoms with Crippen molar-refractivity contribution in [3.05, 3.63) is 29.8 Å². The lowest BCUT2D eigenvalue weighted by molar-refractivity contribution is -0.176. The number of ether oxygens (including phenoxy) is 1. The molecule has 0 radical (unpaired) electrons. The molecule has 1 unspecified atom stereocenters. The molecule has 0 saturated carbocycles. The molecule has 0 aliphatic carbocycles. The smallest absolute Gasteiger partial charge is 0.367 e. The summed E-state index contributed by atoms with van der Waals surface area (Å²) in [6, 6.07) is 5.86. The number of piperidine rings is 1. The van der Waals surface area contributed by atoms with E-state index in [-0.39, 0.29) is 18.4 Å². The highest BCUT2D eigenvalue weighted by atomic mass is 19.4. The van der Waals surface area contributed by atoms with Gasteiger partial charge in [0.2, 0.25) is 11.8 Å². The van der Waals surface area contributed by atoms with Crippen LogP contribution in [0, 0.1) is 0 Å². The molecule has 1 aromatic rings. The van der Waals surface area contributed by atoms with Crippen LogP contribution in [0.4, 0.5) is 18.9 Å². The zero-order chi connectivity index (χ0) is 17.7. The van der Waals surface area contributed by atoms with Crippen molar-refractivity contribution < 1.29 is 27.5 Å². The van der Waals surface area contributed by atoms with Crippen LogP contribution in [-0.4, -0.2) is 42.6 Å². The maximum Gasteiger partial charge on any atom is 0.411 e. The van der Waals surface area contributed by atoms with Gasteiger partial charge in [0.15, 0.2) is 0 Å². The number of halogens is 3. The van der Waals surface area contributed by atoms with Gasteiger partial charge >= 0.3 is 6.18 Å². The molecule has 2 rings (SSSR count). The second kappa shape index (κ2) is 7.65. The van der Waals surface area contributed by atoms with Crippen LogP contribution in [0.3, 0.4) is 0 Å². The molecule has 1 saturated heterocycles. The van der Waals surface area contributed by atoms with Crippen molar-refractivity contribution in [1.82, 2.24) is 4.90 Å². The first-order valence-corrected chi connectivity index (χ1v) is 7.56. The van der Waals surface area contributed by atoms with Crippen LogP contribution in [-0.2, 0) is 20.9 Å². The van der Waals surface area contributed by atoms with Gasteiger partial charge in [0.05, 0.1) is 6.61 Å². The first-order valence-electron chi connectivity index (χ1n) is 7.56. The van der Waals surface area contributed by atoms with Gasteiger partial charge in [-0.25, -0.2) is 0 Å². The number of alkyl halides is 3. The molecular weight excluding hydrogens is 325 g/mol. The maximum absolute atomic E-state index is 12.2. The third-order valence-corrected chi connectivity index (χ3v) is 3.79. The summed E-state index contributed by atoms with van der Waals surface area (Å²) in [5.74, 6) is -0.329. The summed E-state index contributed by atoms with van der Waals surface area (Å²) < 4.78 is 40.6. The number of carbonyl (C=O) groups excluding carboxylic acids is 2. The van der Waals surface area contributed by atoms with E-state index >= 15 is 0 Å². The zero-order valence-corrected chi connectivity index (χ0v) is 13.2. The number of amides is 2. The Morgan fingerprint density at radius 2 is 2.00 bits per heavy atom. The number of benzene rings is 1. The van der Waals surface area contributed by atoms with E-state index in [1.54, 1.807) is 31.3 Å². The lowest BCUT2D eigenvalue weighted by atomic mass is 10.0. The number of rotatable bonds is 5. The van der Waals surface area contributed by atoms with Crippen LogP contribution >= 0.6 is 0 Å². The summed E-state index contributed by atoms with van der Waals surface area (Å²) in [6.07, 6.45) is -2.61. The second-order valence-electron chi connectivity index (χ2n) is 5.71. The number of likely N-dealkylation sites (tertiary alicyclic amines) is 1. The Hall–Kier alpha value is -2.09. The SMILES string of the molecule is CN1C(=O)CCCC1C(=O)Nc1ccc(COCC(F)(F)F)cc1. The molecule has 0 bridgehead atoms. The van der Waals surface area contributed by atoms with Crippen LogP contribution < -0.4 is 5.32 Å². The molecule has 1 N–H and O–H groups in total. The molecule has 24 heavy (non-hydrogen) atoms. The summed E-state index contributed by atoms with van der Waals surface area (Å²) >= 11 is 0. The molecule has 1 aliphatic rings. The van der Waals surface area contributed by atoms with Crippen LogP contribution in [0.5, 0.6) is 0 Å². The van der Waals surface area contributed by atoms with Crippen molar-refractivity contribution in [2.45, 2.75) is 38.1 Å². The van der Waals surface area contributed by atoms with E-state index in [0.29, 0.717) is 30.5 Å². The predicted octanol–water partition coefficient (Wildman–Crippen LogP) is 2.71. The minimum Gasteiger partial charge on any atom is -0.367 e. The Morgan fingerprint density at radius 3 is 2.62 bits per heavy atom. The highest BCUT2D eigenvalue weighted by molar-refractivity contribution is 5.97. The number of nitrogens with zero attached hydrogens (tertiary/aromatic N) is 1. The van der Waals surface area contributed by atoms with Crippen LogP contribution in [0.25, 0.3) is 0 Å². The van der Waals surface area contributed by atoms with Gasteiger partial charge in [-0.15, -0.1) is 0 Å². The Morgan fingerprint density at radius 1 is 1.33 bits per heavy atom. The van der Waals surface area contributed by atoms with Gasteiger partial charge in [-0.3, -0.25) is 9.59 Å². The summed E-state index contributed by atoms with van der Waals surface area (Å²) in [4.78, 5) is 25.3. The normalized spacial score (nSPS) is 18.6. The van der Waals surface area contributed by atoms with Crippen molar-refractivity contribution in [1.29, 1.82) is 0 Å². The third-order valence-electron chi connectivity index (χ3n) is 3.79. The molecule has 5 nitrogen and oxygen atoms in total. The molecule has 0 spiro atoms. The average molecular weight is 344 g/mol. The number of nitrogens with one attached hydrogen (secondary N) is 1. The number of hydrogen-bond acceptors (Lipinski definition) is 3. The maximum atomic E-state index is 12.2. The van der Waals surface area contributed by atoms with Crippen molar-refractivity contribution in [3.8, 4) is 0 Å². The van der Waals surface area contributed by atoms with E-state index in [1.807, 2.05) is 0 Å². The molecule has 132 valence electrons. The molecule has 0 aromatic heterocycles. The average Bonchev–Trinajstić information content (AvgIpc) is 2.50. The number of hydrogen-bond donors (Lipinski definition) is 1. The Labute approximate surface area is 137 Å². The highest BCUT2D eigenvalue weighted by Gasteiger charge is 2.30. The standard InChI is InChI=1S/C16H19F3N2O3/c1-21-13(3-2-4-14(21)22)15(23)20-12-7-5-11(6-8-12)9-24-10-16(17,18)19/h5-8,13H,2-4,9-10H2,1H3,(H,20,23). The van der Waals surface area contributed by atoms with E-state index in [2.05, 4.69) is 10.1 Å². The summed E-state index contributed by atoms with van der Waals surface area (Å²) in [7, 11) is 1.60. The first kappa shape index (κ1) is 18.3. The van der Waals surface area contributed by atoms with Gasteiger partial charge in [-0.05, 0) is 30.5 Å². The molecule has 1 fully saturated rings. The van der Waals surface area contributed by atoms with Crippen molar-refractivity contribution >= 4 is 17.5 Å². The van der Waals surface area contributed by atoms with Gasteiger partial charge in [-0.2, -0.15) is 13.2 Å². The number of anilines is 1. The van der Waals surface area contributed by atoms with Crippen LogP contribution in [0.1, 0.15) is 24.8 Å². The van der Waals surface area contributed by atoms with E-state index in [9.17, 15) is 22.8 Å². The Bertz CT molecular complexity index is 587. The zero-order valence-electron chi connectivity index (χ0n) is 13.2. The largest absolute Gasteiger partial charge is 0.411 e. The topological polar surface area (TPSA) is 58.6 Å². The van der Waals surface area contributed by atoms with E-state index in [0.717, 1.165) is 0 Å². The number of likely N-dealkylation sites (N-methyl/N-ethyl adjacent to an activating group) is 1. The molecule has 8 heteroatoms. The summed E-state index contributed by atoms with van der Waals surface area (Å²) in [5.41, 5.74) is 1.09. The fourth-order valence-electron chi connectivity index (χ4n) is 2.49. The van der Waals surface area contributed by atoms with Crippen molar-refractivity contribution in [2.75, 3.05) is 19.0 Å². The first-order chi connectivity index (χ1) is 11.3. The third kappa shape index (κ3) is 5.23. The van der Waals surface area contributed by atoms with Gasteiger partial charge in [0.1, 0.15) is 12.6 Å². The van der Waals surface area contributed by atoms with Crippen LogP contribution in [0.2, 0.25) is 0 Å². The van der Waals surface area contributed by atoms with E-state index in [1.165, 1.54) is 4.90 Å². The minimum atomic E-state index is -4.35. The summed E-state index contributed by atoms with van der Waals surface area (Å²) in [6.45, 7) is -1.46. The quantitative estimate of drug-likeness (QED) is 0.893. The molecule has 1 aliphatic heterocycles. The van der Waals surface area contributed by atoms with Crippen molar-refractivity contribution in [2.24, 2.45) is 0 Å². The fraction of sp³-hybridized carbons (Fsp3) is 0.500. The van der Waals surface area contributed by atoms with E-state index in [4.69, 9.17) is 0 Å². The van der Waals surface area contributed by atoms with E-state index < -0.39 is 18.8 Å².